The van der Waals surface area contributed by atoms with Crippen LogP contribution in [0.25, 0.3) is 0 Å². The highest BCUT2D eigenvalue weighted by Gasteiger charge is 2.33. The highest BCUT2D eigenvalue weighted by molar-refractivity contribution is 5.84. The zero-order chi connectivity index (χ0) is 9.42. The zero-order valence-electron chi connectivity index (χ0n) is 7.47. The smallest absolute Gasteiger partial charge is 0.236 e. The molecule has 2 N–H and O–H groups in total. The molecular formula is C10H12N2O. The van der Waals surface area contributed by atoms with Crippen LogP contribution in [0.15, 0.2) is 36.2 Å². The first kappa shape index (κ1) is 8.10. The average Bonchev–Trinajstić information content (AvgIpc) is 2.12. The van der Waals surface area contributed by atoms with Gasteiger partial charge in [0, 0.05) is 24.9 Å². The highest BCUT2D eigenvalue weighted by atomic mass is 16.2. The Labute approximate surface area is 77.2 Å². The molecule has 1 heterocycles. The van der Waals surface area contributed by atoms with E-state index in [9.17, 15) is 4.79 Å². The van der Waals surface area contributed by atoms with Gasteiger partial charge in [0.15, 0.2) is 0 Å². The van der Waals surface area contributed by atoms with Gasteiger partial charge in [-0.3, -0.25) is 4.79 Å². The van der Waals surface area contributed by atoms with E-state index < -0.39 is 0 Å². The molecule has 13 heavy (non-hydrogen) atoms. The van der Waals surface area contributed by atoms with Crippen molar-refractivity contribution in [1.82, 2.24) is 4.90 Å². The maximum absolute atomic E-state index is 11.7. The lowest BCUT2D eigenvalue weighted by molar-refractivity contribution is -0.132. The second kappa shape index (κ2) is 2.76. The molecule has 0 aromatic carbocycles. The molecule has 0 spiro atoms. The van der Waals surface area contributed by atoms with E-state index in [1.807, 2.05) is 18.2 Å². The van der Waals surface area contributed by atoms with Gasteiger partial charge in [-0.25, -0.2) is 0 Å². The fourth-order valence-electron chi connectivity index (χ4n) is 1.74. The second-order valence-corrected chi connectivity index (χ2v) is 3.40. The molecule has 0 aromatic rings. The van der Waals surface area contributed by atoms with Gasteiger partial charge in [0.25, 0.3) is 0 Å². The quantitative estimate of drug-likeness (QED) is 0.588. The Morgan fingerprint density at radius 3 is 3.00 bits per heavy atom. The summed E-state index contributed by atoms with van der Waals surface area (Å²) in [5.74, 6) is 0.0410. The Hall–Kier alpha value is -1.51. The van der Waals surface area contributed by atoms with Gasteiger partial charge in [-0.15, -0.1) is 0 Å². The molecule has 0 radical (unpaired) electrons. The van der Waals surface area contributed by atoms with Gasteiger partial charge in [0.05, 0.1) is 5.92 Å². The van der Waals surface area contributed by atoms with Crippen molar-refractivity contribution in [2.24, 2.45) is 17.6 Å². The lowest BCUT2D eigenvalue weighted by atomic mass is 9.83. The number of carbonyl (C=O) groups is 1. The van der Waals surface area contributed by atoms with Crippen LogP contribution in [0.1, 0.15) is 0 Å². The molecule has 2 aliphatic rings. The molecular weight excluding hydrogens is 164 g/mol. The van der Waals surface area contributed by atoms with Crippen LogP contribution in [0.5, 0.6) is 0 Å². The Balaban J connectivity index is 2.39. The van der Waals surface area contributed by atoms with Crippen molar-refractivity contribution in [3.05, 3.63) is 36.2 Å². The van der Waals surface area contributed by atoms with Gasteiger partial charge in [0.1, 0.15) is 0 Å². The maximum Gasteiger partial charge on any atom is 0.236 e. The fraction of sp³-hybridized carbons (Fsp3) is 0.300. The molecule has 3 nitrogen and oxygen atoms in total. The molecule has 0 saturated carbocycles. The summed E-state index contributed by atoms with van der Waals surface area (Å²) in [5, 5.41) is 0. The Morgan fingerprint density at radius 2 is 2.23 bits per heavy atom. The van der Waals surface area contributed by atoms with Gasteiger partial charge >= 0.3 is 0 Å². The van der Waals surface area contributed by atoms with E-state index >= 15 is 0 Å². The summed E-state index contributed by atoms with van der Waals surface area (Å²) in [7, 11) is 1.75. The van der Waals surface area contributed by atoms with Gasteiger partial charge < -0.3 is 10.6 Å². The SMILES string of the molecule is CN1C=CC2C=CC=C(N)C2C1=O. The normalized spacial score (nSPS) is 31.6. The van der Waals surface area contributed by atoms with Crippen molar-refractivity contribution < 1.29 is 4.79 Å². The van der Waals surface area contributed by atoms with Crippen molar-refractivity contribution in [2.45, 2.75) is 0 Å². The number of amides is 1. The molecule has 68 valence electrons. The first-order valence-electron chi connectivity index (χ1n) is 4.29. The second-order valence-electron chi connectivity index (χ2n) is 3.40. The van der Waals surface area contributed by atoms with Crippen LogP contribution in [0.4, 0.5) is 0 Å². The number of carbonyl (C=O) groups excluding carboxylic acids is 1. The monoisotopic (exact) mass is 176 g/mol. The van der Waals surface area contributed by atoms with Crippen LogP contribution < -0.4 is 5.73 Å². The summed E-state index contributed by atoms with van der Waals surface area (Å²) in [4.78, 5) is 13.3. The van der Waals surface area contributed by atoms with E-state index in [0.717, 1.165) is 0 Å². The van der Waals surface area contributed by atoms with E-state index in [0.29, 0.717) is 5.70 Å². The number of nitrogens with zero attached hydrogens (tertiary/aromatic N) is 1. The lowest BCUT2D eigenvalue weighted by Gasteiger charge is -2.31. The third kappa shape index (κ3) is 1.16. The first-order chi connectivity index (χ1) is 6.20. The Kier molecular flexibility index (Phi) is 1.72. The molecule has 1 aliphatic carbocycles. The minimum absolute atomic E-state index is 0.0746. The number of hydrogen-bond acceptors (Lipinski definition) is 2. The van der Waals surface area contributed by atoms with Gasteiger partial charge in [-0.2, -0.15) is 0 Å². The third-order valence-electron chi connectivity index (χ3n) is 2.51. The van der Waals surface area contributed by atoms with Crippen molar-refractivity contribution in [3.63, 3.8) is 0 Å². The molecule has 3 heteroatoms. The van der Waals surface area contributed by atoms with Crippen molar-refractivity contribution in [1.29, 1.82) is 0 Å². The lowest BCUT2D eigenvalue weighted by Crippen LogP contribution is -2.39. The molecule has 0 saturated heterocycles. The van der Waals surface area contributed by atoms with Crippen LogP contribution >= 0.6 is 0 Å². The van der Waals surface area contributed by atoms with Crippen LogP contribution in [0, 0.1) is 11.8 Å². The van der Waals surface area contributed by atoms with Crippen molar-refractivity contribution in [2.75, 3.05) is 7.05 Å². The summed E-state index contributed by atoms with van der Waals surface area (Å²) in [6.45, 7) is 0. The minimum atomic E-state index is -0.181. The number of hydrogen-bond donors (Lipinski definition) is 1. The molecule has 1 aliphatic heterocycles. The van der Waals surface area contributed by atoms with Gasteiger partial charge in [-0.1, -0.05) is 18.2 Å². The summed E-state index contributed by atoms with van der Waals surface area (Å²) >= 11 is 0. The maximum atomic E-state index is 11.7. The van der Waals surface area contributed by atoms with Gasteiger partial charge in [0.2, 0.25) is 5.91 Å². The predicted octanol–water partition coefficient (Wildman–Crippen LogP) is 0.617. The Morgan fingerprint density at radius 1 is 1.46 bits per heavy atom. The van der Waals surface area contributed by atoms with E-state index in [1.165, 1.54) is 0 Å². The number of rotatable bonds is 0. The molecule has 0 bridgehead atoms. The molecule has 1 amide bonds. The topological polar surface area (TPSA) is 46.3 Å². The average molecular weight is 176 g/mol. The molecule has 0 aromatic heterocycles. The molecule has 2 atom stereocenters. The Bertz CT molecular complexity index is 328. The summed E-state index contributed by atoms with van der Waals surface area (Å²) in [6, 6.07) is 0. The van der Waals surface area contributed by atoms with E-state index in [2.05, 4.69) is 0 Å². The number of nitrogens with two attached hydrogens (primary N) is 1. The summed E-state index contributed by atoms with van der Waals surface area (Å²) < 4.78 is 0. The van der Waals surface area contributed by atoms with Crippen LogP contribution in [-0.4, -0.2) is 17.9 Å². The van der Waals surface area contributed by atoms with Crippen molar-refractivity contribution in [3.8, 4) is 0 Å². The van der Waals surface area contributed by atoms with Crippen LogP contribution in [-0.2, 0) is 4.79 Å². The third-order valence-corrected chi connectivity index (χ3v) is 2.51. The van der Waals surface area contributed by atoms with E-state index in [4.69, 9.17) is 5.73 Å². The zero-order valence-corrected chi connectivity index (χ0v) is 7.47. The predicted molar refractivity (Wildman–Crippen MR) is 50.3 cm³/mol. The summed E-state index contributed by atoms with van der Waals surface area (Å²) in [6.07, 6.45) is 9.50. The standard InChI is InChI=1S/C10H12N2O/c1-12-6-5-7-3-2-4-8(11)9(7)10(12)13/h2-7,9H,11H2,1H3. The molecule has 2 unspecified atom stereocenters. The van der Waals surface area contributed by atoms with Gasteiger partial charge in [-0.05, 0) is 6.08 Å². The number of fused-ring (bicyclic) bond motifs is 1. The molecule has 0 fully saturated rings. The summed E-state index contributed by atoms with van der Waals surface area (Å²) in [5.41, 5.74) is 6.43. The largest absolute Gasteiger partial charge is 0.401 e. The first-order valence-corrected chi connectivity index (χ1v) is 4.29. The molecule has 2 rings (SSSR count). The van der Waals surface area contributed by atoms with Crippen LogP contribution in [0.3, 0.4) is 0 Å². The highest BCUT2D eigenvalue weighted by Crippen LogP contribution is 2.29. The van der Waals surface area contributed by atoms with E-state index in [1.54, 1.807) is 24.2 Å². The van der Waals surface area contributed by atoms with Crippen molar-refractivity contribution >= 4 is 5.91 Å². The number of allylic oxidation sites excluding steroid dienone is 4. The fourth-order valence-corrected chi connectivity index (χ4v) is 1.74. The van der Waals surface area contributed by atoms with E-state index in [-0.39, 0.29) is 17.7 Å². The van der Waals surface area contributed by atoms with Crippen LogP contribution in [0.2, 0.25) is 0 Å². The minimum Gasteiger partial charge on any atom is -0.401 e.